The van der Waals surface area contributed by atoms with E-state index < -0.39 is 0 Å². The Balaban J connectivity index is 1.59. The lowest BCUT2D eigenvalue weighted by Gasteiger charge is -2.15. The highest BCUT2D eigenvalue weighted by atomic mass is 16.1. The summed E-state index contributed by atoms with van der Waals surface area (Å²) in [6, 6.07) is 18.0. The molecule has 0 radical (unpaired) electrons. The average molecular weight is 401 g/mol. The lowest BCUT2D eigenvalue weighted by atomic mass is 10.1. The Hall–Kier alpha value is -3.18. The maximum absolute atomic E-state index is 12.8. The van der Waals surface area contributed by atoms with E-state index >= 15 is 0 Å². The van der Waals surface area contributed by atoms with Gasteiger partial charge in [0.25, 0.3) is 5.56 Å². The molecule has 0 saturated carbocycles. The van der Waals surface area contributed by atoms with Crippen molar-refractivity contribution in [3.8, 4) is 16.8 Å². The molecule has 4 aromatic rings. The van der Waals surface area contributed by atoms with Crippen molar-refractivity contribution in [1.82, 2.24) is 19.2 Å². The molecule has 0 bridgehead atoms. The summed E-state index contributed by atoms with van der Waals surface area (Å²) in [7, 11) is 2.14. The Morgan fingerprint density at radius 1 is 0.967 bits per heavy atom. The number of benzene rings is 2. The number of aryl methyl sites for hydroxylation is 1. The Morgan fingerprint density at radius 3 is 2.50 bits per heavy atom. The van der Waals surface area contributed by atoms with Crippen molar-refractivity contribution in [2.24, 2.45) is 0 Å². The van der Waals surface area contributed by atoms with Crippen LogP contribution in [0.4, 0.5) is 0 Å². The molecule has 0 atom stereocenters. The molecule has 0 spiro atoms. The van der Waals surface area contributed by atoms with Crippen molar-refractivity contribution in [3.63, 3.8) is 0 Å². The largest absolute Gasteiger partial charge is 0.305 e. The van der Waals surface area contributed by atoms with E-state index in [1.807, 2.05) is 47.4 Å². The maximum atomic E-state index is 12.8. The summed E-state index contributed by atoms with van der Waals surface area (Å²) < 4.78 is 3.72. The van der Waals surface area contributed by atoms with Crippen LogP contribution in [0, 0.1) is 6.92 Å². The van der Waals surface area contributed by atoms with Crippen LogP contribution in [0.25, 0.3) is 27.7 Å². The van der Waals surface area contributed by atoms with Crippen LogP contribution in [-0.4, -0.2) is 39.4 Å². The molecule has 5 nitrogen and oxygen atoms in total. The molecular weight excluding hydrogens is 372 g/mol. The molecule has 0 aliphatic heterocycles. The van der Waals surface area contributed by atoms with Gasteiger partial charge in [-0.2, -0.15) is 5.10 Å². The smallest absolute Gasteiger partial charge is 0.255 e. The molecule has 2 aromatic carbocycles. The van der Waals surface area contributed by atoms with Gasteiger partial charge < -0.3 is 4.90 Å². The van der Waals surface area contributed by atoms with Crippen LogP contribution in [0.3, 0.4) is 0 Å². The molecule has 2 aromatic heterocycles. The van der Waals surface area contributed by atoms with E-state index in [0.717, 1.165) is 53.8 Å². The summed E-state index contributed by atoms with van der Waals surface area (Å²) >= 11 is 0. The van der Waals surface area contributed by atoms with Gasteiger partial charge in [0, 0.05) is 29.9 Å². The number of pyridine rings is 1. The monoisotopic (exact) mass is 400 g/mol. The number of aromatic nitrogens is 3. The average Bonchev–Trinajstić information content (AvgIpc) is 3.15. The predicted molar refractivity (Wildman–Crippen MR) is 123 cm³/mol. The third-order valence-corrected chi connectivity index (χ3v) is 5.51. The van der Waals surface area contributed by atoms with Gasteiger partial charge in [0.05, 0.1) is 18.3 Å². The number of hydrogen-bond acceptors (Lipinski definition) is 3. The van der Waals surface area contributed by atoms with Gasteiger partial charge in [-0.1, -0.05) is 36.8 Å². The number of likely N-dealkylation sites (N-methyl/N-ethyl adjacent to an activating group) is 1. The highest BCUT2D eigenvalue weighted by Crippen LogP contribution is 2.21. The number of fused-ring (bicyclic) bond motifs is 1. The molecule has 0 aliphatic carbocycles. The first kappa shape index (κ1) is 20.1. The minimum Gasteiger partial charge on any atom is -0.305 e. The van der Waals surface area contributed by atoms with E-state index in [2.05, 4.69) is 49.1 Å². The molecule has 0 unspecified atom stereocenters. The molecule has 30 heavy (non-hydrogen) atoms. The maximum Gasteiger partial charge on any atom is 0.255 e. The summed E-state index contributed by atoms with van der Waals surface area (Å²) in [5, 5.41) is 5.59. The Bertz CT molecular complexity index is 1200. The number of hydrogen-bond donors (Lipinski definition) is 0. The van der Waals surface area contributed by atoms with Gasteiger partial charge >= 0.3 is 0 Å². The fraction of sp³-hybridized carbons (Fsp3) is 0.280. The van der Waals surface area contributed by atoms with Crippen molar-refractivity contribution < 1.29 is 0 Å². The summed E-state index contributed by atoms with van der Waals surface area (Å²) in [4.78, 5) is 15.1. The van der Waals surface area contributed by atoms with Crippen LogP contribution in [0.1, 0.15) is 18.9 Å². The molecule has 0 amide bonds. The minimum atomic E-state index is -0.0407. The van der Waals surface area contributed by atoms with E-state index in [1.165, 1.54) is 5.56 Å². The van der Waals surface area contributed by atoms with Gasteiger partial charge in [0.2, 0.25) is 0 Å². The molecule has 5 heteroatoms. The molecule has 4 rings (SSSR count). The number of nitrogens with zero attached hydrogens (tertiary/aromatic N) is 4. The third kappa shape index (κ3) is 4.21. The van der Waals surface area contributed by atoms with Crippen LogP contribution in [0.2, 0.25) is 0 Å². The third-order valence-electron chi connectivity index (χ3n) is 5.51. The van der Waals surface area contributed by atoms with Gasteiger partial charge in [-0.15, -0.1) is 0 Å². The standard InChI is InChI=1S/C25H28N4O/c1-4-12-27(3)14-15-29-24-10-9-23(16-22(24)18-26-29)28-13-11-21(17-25(28)30)20-7-5-19(2)6-8-20/h5-11,13,16-18H,4,12,14-15H2,1-3H3. The van der Waals surface area contributed by atoms with Crippen LogP contribution in [0.5, 0.6) is 0 Å². The first-order chi connectivity index (χ1) is 14.5. The summed E-state index contributed by atoms with van der Waals surface area (Å²) in [6.07, 6.45) is 4.88. The second-order valence-electron chi connectivity index (χ2n) is 7.90. The zero-order valence-corrected chi connectivity index (χ0v) is 17.9. The molecule has 0 saturated heterocycles. The van der Waals surface area contributed by atoms with E-state index in [1.54, 1.807) is 10.6 Å². The highest BCUT2D eigenvalue weighted by molar-refractivity contribution is 5.81. The second kappa shape index (κ2) is 8.67. The zero-order chi connectivity index (χ0) is 21.1. The Kier molecular flexibility index (Phi) is 5.81. The van der Waals surface area contributed by atoms with E-state index in [0.29, 0.717) is 0 Å². The molecular formula is C25H28N4O. The normalized spacial score (nSPS) is 11.5. The van der Waals surface area contributed by atoms with Gasteiger partial charge in [-0.05, 0) is 62.3 Å². The molecule has 154 valence electrons. The molecule has 0 N–H and O–H groups in total. The second-order valence-corrected chi connectivity index (χ2v) is 7.90. The lowest BCUT2D eigenvalue weighted by molar-refractivity contribution is 0.315. The zero-order valence-electron chi connectivity index (χ0n) is 17.9. The quantitative estimate of drug-likeness (QED) is 0.459. The van der Waals surface area contributed by atoms with Gasteiger partial charge in [0.1, 0.15) is 0 Å². The van der Waals surface area contributed by atoms with E-state index in [-0.39, 0.29) is 5.56 Å². The summed E-state index contributed by atoms with van der Waals surface area (Å²) in [5.41, 5.74) is 5.09. The lowest BCUT2D eigenvalue weighted by Crippen LogP contribution is -2.24. The summed E-state index contributed by atoms with van der Waals surface area (Å²) in [5.74, 6) is 0. The van der Waals surface area contributed by atoms with Crippen molar-refractivity contribution in [1.29, 1.82) is 0 Å². The van der Waals surface area contributed by atoms with E-state index in [4.69, 9.17) is 0 Å². The first-order valence-corrected chi connectivity index (χ1v) is 10.5. The Morgan fingerprint density at radius 2 is 1.77 bits per heavy atom. The molecule has 2 heterocycles. The minimum absolute atomic E-state index is 0.0407. The first-order valence-electron chi connectivity index (χ1n) is 10.5. The fourth-order valence-corrected chi connectivity index (χ4v) is 3.78. The summed E-state index contributed by atoms with van der Waals surface area (Å²) in [6.45, 7) is 7.15. The van der Waals surface area contributed by atoms with Crippen LogP contribution in [-0.2, 0) is 6.54 Å². The van der Waals surface area contributed by atoms with Gasteiger partial charge in [-0.25, -0.2) is 0 Å². The predicted octanol–water partition coefficient (Wildman–Crippen LogP) is 4.50. The Labute approximate surface area is 177 Å². The highest BCUT2D eigenvalue weighted by Gasteiger charge is 2.08. The SMILES string of the molecule is CCCN(C)CCn1ncc2cc(-n3ccc(-c4ccc(C)cc4)cc3=O)ccc21. The fourth-order valence-electron chi connectivity index (χ4n) is 3.78. The molecule has 0 fully saturated rings. The van der Waals surface area contributed by atoms with Crippen molar-refractivity contribution >= 4 is 10.9 Å². The van der Waals surface area contributed by atoms with Crippen LogP contribution < -0.4 is 5.56 Å². The van der Waals surface area contributed by atoms with E-state index in [9.17, 15) is 4.79 Å². The molecule has 0 aliphatic rings. The van der Waals surface area contributed by atoms with Crippen molar-refractivity contribution in [2.45, 2.75) is 26.8 Å². The van der Waals surface area contributed by atoms with Crippen molar-refractivity contribution in [3.05, 3.63) is 82.9 Å². The van der Waals surface area contributed by atoms with Crippen LogP contribution in [0.15, 0.2) is 71.8 Å². The van der Waals surface area contributed by atoms with Crippen molar-refractivity contribution in [2.75, 3.05) is 20.1 Å². The van der Waals surface area contributed by atoms with Gasteiger partial charge in [0.15, 0.2) is 0 Å². The van der Waals surface area contributed by atoms with Gasteiger partial charge in [-0.3, -0.25) is 14.0 Å². The van der Waals surface area contributed by atoms with Crippen LogP contribution >= 0.6 is 0 Å². The topological polar surface area (TPSA) is 43.1 Å². The number of rotatable bonds is 7.